The van der Waals surface area contributed by atoms with Crippen LogP contribution in [0.3, 0.4) is 0 Å². The highest BCUT2D eigenvalue weighted by molar-refractivity contribution is 6.28. The van der Waals surface area contributed by atoms with E-state index in [0.717, 1.165) is 6.20 Å². The first-order chi connectivity index (χ1) is 11.4. The van der Waals surface area contributed by atoms with Gasteiger partial charge in [-0.15, -0.1) is 0 Å². The first-order valence-electron chi connectivity index (χ1n) is 7.69. The van der Waals surface area contributed by atoms with Crippen LogP contribution in [-0.2, 0) is 4.79 Å². The largest absolute Gasteiger partial charge is 0.396 e. The maximum atomic E-state index is 14.0. The number of aliphatic hydroxyl groups excluding tert-OH is 1. The normalized spacial score (nSPS) is 36.0. The van der Waals surface area contributed by atoms with Crippen LogP contribution in [0.4, 0.5) is 10.2 Å². The van der Waals surface area contributed by atoms with Gasteiger partial charge in [0.1, 0.15) is 0 Å². The molecule has 0 aromatic carbocycles. The van der Waals surface area contributed by atoms with Crippen LogP contribution in [0.5, 0.6) is 0 Å². The Balaban J connectivity index is 1.54. The van der Waals surface area contributed by atoms with E-state index in [0.29, 0.717) is 25.9 Å². The maximum absolute atomic E-state index is 14.0. The van der Waals surface area contributed by atoms with Gasteiger partial charge in [-0.05, 0) is 24.4 Å². The molecule has 126 valence electrons. The number of nitrogens with zero attached hydrogens (tertiary/aromatic N) is 4. The molecular formula is C15H15ClFN5O2. The SMILES string of the molecule is N#CC1CC1C(=O)NC12CN(c3nc(Cl)ncc3F)CC1(CO)C2. The summed E-state index contributed by atoms with van der Waals surface area (Å²) in [5.41, 5.74) is -1.12. The number of hydrogen-bond donors (Lipinski definition) is 2. The number of nitriles is 1. The molecule has 2 saturated carbocycles. The van der Waals surface area contributed by atoms with Crippen LogP contribution in [0.15, 0.2) is 6.20 Å². The molecule has 1 amide bonds. The molecule has 4 unspecified atom stereocenters. The van der Waals surface area contributed by atoms with Crippen molar-refractivity contribution in [3.05, 3.63) is 17.3 Å². The van der Waals surface area contributed by atoms with Crippen LogP contribution >= 0.6 is 11.6 Å². The van der Waals surface area contributed by atoms with Gasteiger partial charge in [-0.2, -0.15) is 10.2 Å². The van der Waals surface area contributed by atoms with Crippen LogP contribution in [0.1, 0.15) is 12.8 Å². The molecule has 2 N–H and O–H groups in total. The van der Waals surface area contributed by atoms with E-state index in [2.05, 4.69) is 21.4 Å². The standard InChI is InChI=1S/C15H15ClFN5O2/c16-13-19-3-10(17)11(20-13)22-5-14(7-23)4-15(14,6-22)21-12(24)9-1-8(9)2-18/h3,8-9,23H,1,4-7H2,(H,21,24). The number of nitrogens with one attached hydrogen (secondary N) is 1. The van der Waals surface area contributed by atoms with Gasteiger partial charge in [-0.25, -0.2) is 9.37 Å². The number of carbonyl (C=O) groups excluding carboxylic acids is 1. The number of carbonyl (C=O) groups is 1. The summed E-state index contributed by atoms with van der Waals surface area (Å²) in [6, 6.07) is 2.09. The van der Waals surface area contributed by atoms with Gasteiger partial charge >= 0.3 is 0 Å². The summed E-state index contributed by atoms with van der Waals surface area (Å²) in [6.45, 7) is 0.602. The van der Waals surface area contributed by atoms with Gasteiger partial charge in [0.05, 0.1) is 36.2 Å². The predicted molar refractivity (Wildman–Crippen MR) is 81.4 cm³/mol. The number of aromatic nitrogens is 2. The molecule has 4 atom stereocenters. The first kappa shape index (κ1) is 15.5. The van der Waals surface area contributed by atoms with E-state index in [-0.39, 0.29) is 35.5 Å². The molecule has 0 radical (unpaired) electrons. The average molecular weight is 352 g/mol. The summed E-state index contributed by atoms with van der Waals surface area (Å²) in [6.07, 6.45) is 2.21. The zero-order chi connectivity index (χ0) is 17.1. The smallest absolute Gasteiger partial charge is 0.224 e. The number of amides is 1. The molecular weight excluding hydrogens is 337 g/mol. The van der Waals surface area contributed by atoms with Gasteiger partial charge in [0.15, 0.2) is 11.6 Å². The van der Waals surface area contributed by atoms with Gasteiger partial charge < -0.3 is 15.3 Å². The Morgan fingerprint density at radius 2 is 2.42 bits per heavy atom. The second kappa shape index (κ2) is 5.01. The van der Waals surface area contributed by atoms with Crippen molar-refractivity contribution in [2.45, 2.75) is 18.4 Å². The van der Waals surface area contributed by atoms with Gasteiger partial charge in [0, 0.05) is 18.5 Å². The lowest BCUT2D eigenvalue weighted by atomic mass is 10.0. The molecule has 4 rings (SSSR count). The fourth-order valence-corrected chi connectivity index (χ4v) is 3.98. The number of aliphatic hydroxyl groups is 1. The number of rotatable bonds is 4. The van der Waals surface area contributed by atoms with E-state index in [1.54, 1.807) is 4.90 Å². The highest BCUT2D eigenvalue weighted by Crippen LogP contribution is 2.61. The van der Waals surface area contributed by atoms with Gasteiger partial charge in [0.25, 0.3) is 0 Å². The molecule has 1 aromatic heterocycles. The lowest BCUT2D eigenvalue weighted by Gasteiger charge is -2.22. The summed E-state index contributed by atoms with van der Waals surface area (Å²) in [5.74, 6) is -1.19. The van der Waals surface area contributed by atoms with Crippen molar-refractivity contribution < 1.29 is 14.3 Å². The van der Waals surface area contributed by atoms with Crippen LogP contribution in [-0.4, -0.2) is 46.2 Å². The lowest BCUT2D eigenvalue weighted by molar-refractivity contribution is -0.123. The molecule has 3 fully saturated rings. The summed E-state index contributed by atoms with van der Waals surface area (Å²) in [5, 5.41) is 21.6. The molecule has 1 aromatic rings. The molecule has 1 saturated heterocycles. The third-order valence-corrected chi connectivity index (χ3v) is 5.62. The zero-order valence-corrected chi connectivity index (χ0v) is 13.4. The van der Waals surface area contributed by atoms with Gasteiger partial charge in [0.2, 0.25) is 11.2 Å². The van der Waals surface area contributed by atoms with Gasteiger partial charge in [-0.1, -0.05) is 0 Å². The van der Waals surface area contributed by atoms with E-state index in [1.165, 1.54) is 0 Å². The van der Waals surface area contributed by atoms with E-state index >= 15 is 0 Å². The minimum atomic E-state index is -0.606. The van der Waals surface area contributed by atoms with Crippen molar-refractivity contribution in [3.8, 4) is 6.07 Å². The summed E-state index contributed by atoms with van der Waals surface area (Å²) < 4.78 is 14.0. The Kier molecular flexibility index (Phi) is 3.24. The van der Waals surface area contributed by atoms with Crippen LogP contribution in [0, 0.1) is 34.4 Å². The Bertz CT molecular complexity index is 771. The van der Waals surface area contributed by atoms with Crippen molar-refractivity contribution in [1.82, 2.24) is 15.3 Å². The van der Waals surface area contributed by atoms with Gasteiger partial charge in [-0.3, -0.25) is 4.79 Å². The number of anilines is 1. The van der Waals surface area contributed by atoms with Crippen LogP contribution in [0.25, 0.3) is 0 Å². The minimum Gasteiger partial charge on any atom is -0.396 e. The molecule has 2 heterocycles. The Morgan fingerprint density at radius 1 is 1.62 bits per heavy atom. The van der Waals surface area contributed by atoms with Crippen LogP contribution in [0.2, 0.25) is 5.28 Å². The lowest BCUT2D eigenvalue weighted by Crippen LogP contribution is -2.45. The summed E-state index contributed by atoms with van der Waals surface area (Å²) in [4.78, 5) is 21.5. The molecule has 24 heavy (non-hydrogen) atoms. The Hall–Kier alpha value is -1.98. The fourth-order valence-electron chi connectivity index (χ4n) is 3.85. The highest BCUT2D eigenvalue weighted by Gasteiger charge is 2.73. The highest BCUT2D eigenvalue weighted by atomic mass is 35.5. The summed E-state index contributed by atoms with van der Waals surface area (Å²) >= 11 is 5.75. The molecule has 3 aliphatic rings. The average Bonchev–Trinajstić information content (AvgIpc) is 3.44. The third-order valence-electron chi connectivity index (χ3n) is 5.44. The molecule has 0 bridgehead atoms. The van der Waals surface area contributed by atoms with Crippen molar-refractivity contribution in [3.63, 3.8) is 0 Å². The van der Waals surface area contributed by atoms with E-state index in [1.807, 2.05) is 0 Å². The maximum Gasteiger partial charge on any atom is 0.224 e. The monoisotopic (exact) mass is 351 g/mol. The minimum absolute atomic E-state index is 0.0575. The van der Waals surface area contributed by atoms with E-state index in [4.69, 9.17) is 16.9 Å². The number of hydrogen-bond acceptors (Lipinski definition) is 6. The molecule has 1 aliphatic heterocycles. The van der Waals surface area contributed by atoms with E-state index < -0.39 is 16.8 Å². The number of fused-ring (bicyclic) bond motifs is 1. The topological polar surface area (TPSA) is 102 Å². The second-order valence-electron chi connectivity index (χ2n) is 6.93. The Morgan fingerprint density at radius 3 is 3.08 bits per heavy atom. The fraction of sp³-hybridized carbons (Fsp3) is 0.600. The second-order valence-corrected chi connectivity index (χ2v) is 7.27. The quantitative estimate of drug-likeness (QED) is 0.765. The molecule has 7 nitrogen and oxygen atoms in total. The molecule has 0 spiro atoms. The molecule has 9 heteroatoms. The number of halogens is 2. The Labute approximate surface area is 142 Å². The molecule has 2 aliphatic carbocycles. The van der Waals surface area contributed by atoms with E-state index in [9.17, 15) is 14.3 Å². The zero-order valence-electron chi connectivity index (χ0n) is 12.7. The van der Waals surface area contributed by atoms with Crippen molar-refractivity contribution in [2.24, 2.45) is 17.3 Å². The van der Waals surface area contributed by atoms with Crippen LogP contribution < -0.4 is 10.2 Å². The van der Waals surface area contributed by atoms with Crippen molar-refractivity contribution in [1.29, 1.82) is 5.26 Å². The first-order valence-corrected chi connectivity index (χ1v) is 8.07. The van der Waals surface area contributed by atoms with Crippen molar-refractivity contribution in [2.75, 3.05) is 24.6 Å². The van der Waals surface area contributed by atoms with Crippen molar-refractivity contribution >= 4 is 23.3 Å². The summed E-state index contributed by atoms with van der Waals surface area (Å²) in [7, 11) is 0. The predicted octanol–water partition coefficient (Wildman–Crippen LogP) is 0.486. The number of piperidine rings is 1. The third kappa shape index (κ3) is 2.15.